The number of para-hydroxylation sites is 1. The van der Waals surface area contributed by atoms with Gasteiger partial charge in [0, 0.05) is 19.7 Å². The Hall–Kier alpha value is -2.08. The number of nitrogens with zero attached hydrogens (tertiary/aromatic N) is 1. The van der Waals surface area contributed by atoms with Crippen LogP contribution in [0.4, 0.5) is 0 Å². The van der Waals surface area contributed by atoms with Crippen molar-refractivity contribution in [2.24, 2.45) is 11.8 Å². The highest BCUT2D eigenvalue weighted by Crippen LogP contribution is 2.33. The van der Waals surface area contributed by atoms with Crippen molar-refractivity contribution in [2.45, 2.75) is 51.6 Å². The van der Waals surface area contributed by atoms with Gasteiger partial charge in [-0.25, -0.2) is 0 Å². The molecule has 154 valence electrons. The van der Waals surface area contributed by atoms with Crippen LogP contribution in [0.15, 0.2) is 24.3 Å². The van der Waals surface area contributed by atoms with Gasteiger partial charge in [-0.3, -0.25) is 9.59 Å². The lowest BCUT2D eigenvalue weighted by Crippen LogP contribution is -2.44. The predicted octanol–water partition coefficient (Wildman–Crippen LogP) is 3.31. The average molecular weight is 389 g/mol. The summed E-state index contributed by atoms with van der Waals surface area (Å²) < 4.78 is 11.6. The maximum atomic E-state index is 12.6. The summed E-state index contributed by atoms with van der Waals surface area (Å²) in [4.78, 5) is 25.8. The summed E-state index contributed by atoms with van der Waals surface area (Å²) >= 11 is 0. The summed E-state index contributed by atoms with van der Waals surface area (Å²) in [6.45, 7) is 6.11. The molecule has 2 heterocycles. The van der Waals surface area contributed by atoms with E-state index in [4.69, 9.17) is 9.47 Å². The molecule has 28 heavy (non-hydrogen) atoms. The number of hydrogen-bond donors (Lipinski definition) is 1. The highest BCUT2D eigenvalue weighted by Gasteiger charge is 2.40. The predicted molar refractivity (Wildman–Crippen MR) is 105 cm³/mol. The van der Waals surface area contributed by atoms with E-state index in [2.05, 4.69) is 19.9 Å². The number of ether oxygens (including phenoxy) is 2. The minimum absolute atomic E-state index is 0.0143. The lowest BCUT2D eigenvalue weighted by molar-refractivity contribution is -0.146. The third-order valence-corrected chi connectivity index (χ3v) is 6.22. The Morgan fingerprint density at radius 1 is 1.25 bits per heavy atom. The molecule has 0 spiro atoms. The molecule has 0 bridgehead atoms. The molecule has 2 aliphatic rings. The molecule has 6 nitrogen and oxygen atoms in total. The largest absolute Gasteiger partial charge is 0.483 e. The highest BCUT2D eigenvalue weighted by atomic mass is 16.5. The molecular formula is C22H31NO5. The second kappa shape index (κ2) is 9.41. The first-order valence-electron chi connectivity index (χ1n) is 10.3. The van der Waals surface area contributed by atoms with Gasteiger partial charge in [0.05, 0.1) is 12.0 Å². The molecular weight excluding hydrogens is 358 g/mol. The van der Waals surface area contributed by atoms with E-state index < -0.39 is 11.9 Å². The van der Waals surface area contributed by atoms with Crippen molar-refractivity contribution < 1.29 is 24.2 Å². The molecule has 3 rings (SSSR count). The third kappa shape index (κ3) is 4.66. The molecule has 2 unspecified atom stereocenters. The highest BCUT2D eigenvalue weighted by molar-refractivity contribution is 5.78. The average Bonchev–Trinajstić information content (AvgIpc) is 3.22. The number of carbonyl (C=O) groups excluding carboxylic acids is 1. The fourth-order valence-corrected chi connectivity index (χ4v) is 4.29. The monoisotopic (exact) mass is 389 g/mol. The molecule has 0 aliphatic carbocycles. The zero-order chi connectivity index (χ0) is 20.1. The first kappa shape index (κ1) is 20.6. The van der Waals surface area contributed by atoms with Gasteiger partial charge in [-0.05, 0) is 49.1 Å². The second-order valence-electron chi connectivity index (χ2n) is 7.92. The van der Waals surface area contributed by atoms with Crippen molar-refractivity contribution >= 4 is 11.9 Å². The summed E-state index contributed by atoms with van der Waals surface area (Å²) in [6.07, 6.45) is 2.95. The van der Waals surface area contributed by atoms with Gasteiger partial charge >= 0.3 is 5.97 Å². The quantitative estimate of drug-likeness (QED) is 0.774. The van der Waals surface area contributed by atoms with Crippen LogP contribution in [-0.4, -0.2) is 54.3 Å². The summed E-state index contributed by atoms with van der Waals surface area (Å²) in [5, 5.41) is 9.35. The van der Waals surface area contributed by atoms with Crippen molar-refractivity contribution in [3.05, 3.63) is 29.8 Å². The lowest BCUT2D eigenvalue weighted by Gasteiger charge is -2.35. The Bertz CT molecular complexity index is 683. The van der Waals surface area contributed by atoms with Gasteiger partial charge in [0.2, 0.25) is 0 Å². The van der Waals surface area contributed by atoms with E-state index in [9.17, 15) is 14.7 Å². The molecule has 1 N–H and O–H groups in total. The number of carboxylic acids is 1. The molecule has 1 aromatic carbocycles. The maximum Gasteiger partial charge on any atom is 0.309 e. The van der Waals surface area contributed by atoms with Crippen molar-refractivity contribution in [2.75, 3.05) is 26.3 Å². The SMILES string of the molecule is CCC(C)c1ccccc1OCC(=O)N1CCC([C@@H]2OCCC2C(=O)O)CC1. The summed E-state index contributed by atoms with van der Waals surface area (Å²) in [5.41, 5.74) is 1.13. The van der Waals surface area contributed by atoms with Gasteiger partial charge in [0.15, 0.2) is 6.61 Å². The van der Waals surface area contributed by atoms with Crippen LogP contribution in [-0.2, 0) is 14.3 Å². The second-order valence-corrected chi connectivity index (χ2v) is 7.92. The Kier molecular flexibility index (Phi) is 6.94. The van der Waals surface area contributed by atoms with E-state index in [1.165, 1.54) is 0 Å². The molecule has 2 aliphatic heterocycles. The molecule has 0 saturated carbocycles. The minimum atomic E-state index is -0.769. The van der Waals surface area contributed by atoms with E-state index in [1.807, 2.05) is 23.1 Å². The number of piperidine rings is 1. The van der Waals surface area contributed by atoms with Gasteiger partial charge in [-0.2, -0.15) is 0 Å². The van der Waals surface area contributed by atoms with E-state index >= 15 is 0 Å². The van der Waals surface area contributed by atoms with Crippen LogP contribution in [0.3, 0.4) is 0 Å². The smallest absolute Gasteiger partial charge is 0.309 e. The number of likely N-dealkylation sites (tertiary alicyclic amines) is 1. The van der Waals surface area contributed by atoms with Crippen LogP contribution in [0.5, 0.6) is 5.75 Å². The maximum absolute atomic E-state index is 12.6. The van der Waals surface area contributed by atoms with Crippen LogP contribution < -0.4 is 4.74 Å². The number of aliphatic carboxylic acids is 1. The number of carboxylic acid groups (broad SMARTS) is 1. The first-order valence-corrected chi connectivity index (χ1v) is 10.3. The Morgan fingerprint density at radius 2 is 1.96 bits per heavy atom. The van der Waals surface area contributed by atoms with E-state index in [0.29, 0.717) is 32.0 Å². The summed E-state index contributed by atoms with van der Waals surface area (Å²) in [5.74, 6) is 0.181. The van der Waals surface area contributed by atoms with Crippen LogP contribution in [0.2, 0.25) is 0 Å². The summed E-state index contributed by atoms with van der Waals surface area (Å²) in [7, 11) is 0. The molecule has 0 radical (unpaired) electrons. The van der Waals surface area contributed by atoms with Crippen LogP contribution in [0, 0.1) is 11.8 Å². The Balaban J connectivity index is 1.50. The van der Waals surface area contributed by atoms with Gasteiger partial charge in [0.25, 0.3) is 5.91 Å². The van der Waals surface area contributed by atoms with Crippen molar-refractivity contribution in [3.63, 3.8) is 0 Å². The topological polar surface area (TPSA) is 76.1 Å². The Morgan fingerprint density at radius 3 is 2.64 bits per heavy atom. The Labute approximate surface area is 166 Å². The van der Waals surface area contributed by atoms with E-state index in [-0.39, 0.29) is 24.5 Å². The van der Waals surface area contributed by atoms with Crippen LogP contribution in [0.25, 0.3) is 0 Å². The van der Waals surface area contributed by atoms with Crippen LogP contribution >= 0.6 is 0 Å². The normalized spacial score (nSPS) is 24.1. The molecule has 6 heteroatoms. The van der Waals surface area contributed by atoms with Crippen molar-refractivity contribution in [3.8, 4) is 5.75 Å². The fraction of sp³-hybridized carbons (Fsp3) is 0.636. The van der Waals surface area contributed by atoms with Gasteiger partial charge in [-0.15, -0.1) is 0 Å². The summed E-state index contributed by atoms with van der Waals surface area (Å²) in [6, 6.07) is 7.90. The van der Waals surface area contributed by atoms with Gasteiger partial charge in [0.1, 0.15) is 5.75 Å². The van der Waals surface area contributed by atoms with Crippen molar-refractivity contribution in [1.29, 1.82) is 0 Å². The first-order chi connectivity index (χ1) is 13.5. The van der Waals surface area contributed by atoms with Crippen LogP contribution in [0.1, 0.15) is 51.0 Å². The van der Waals surface area contributed by atoms with Crippen molar-refractivity contribution in [1.82, 2.24) is 4.90 Å². The standard InChI is InChI=1S/C22H31NO5/c1-3-15(2)17-6-4-5-7-19(17)28-14-20(24)23-11-8-16(9-12-23)21-18(22(25)26)10-13-27-21/h4-7,15-16,18,21H,3,8-14H2,1-2H3,(H,25,26)/t15?,18?,21-/m0/s1. The van der Waals surface area contributed by atoms with Gasteiger partial charge < -0.3 is 19.5 Å². The number of amides is 1. The zero-order valence-corrected chi connectivity index (χ0v) is 16.8. The lowest BCUT2D eigenvalue weighted by atomic mass is 9.84. The third-order valence-electron chi connectivity index (χ3n) is 6.22. The molecule has 2 fully saturated rings. The minimum Gasteiger partial charge on any atom is -0.483 e. The molecule has 3 atom stereocenters. The van der Waals surface area contributed by atoms with Gasteiger partial charge in [-0.1, -0.05) is 32.0 Å². The number of hydrogen-bond acceptors (Lipinski definition) is 4. The van der Waals surface area contributed by atoms with E-state index in [1.54, 1.807) is 0 Å². The van der Waals surface area contributed by atoms with E-state index in [0.717, 1.165) is 30.6 Å². The molecule has 1 aromatic rings. The number of carbonyl (C=O) groups is 2. The molecule has 1 amide bonds. The number of benzene rings is 1. The fourth-order valence-electron chi connectivity index (χ4n) is 4.29. The molecule has 0 aromatic heterocycles. The number of rotatable bonds is 7. The zero-order valence-electron chi connectivity index (χ0n) is 16.8. The molecule has 2 saturated heterocycles.